The molecule has 2 aromatic rings. The summed E-state index contributed by atoms with van der Waals surface area (Å²) in [6, 6.07) is 12.2. The average Bonchev–Trinajstić information content (AvgIpc) is 2.73. The van der Waals surface area contributed by atoms with Crippen LogP contribution in [0.1, 0.15) is 22.0 Å². The van der Waals surface area contributed by atoms with Gasteiger partial charge in [0.25, 0.3) is 5.91 Å². The van der Waals surface area contributed by atoms with Crippen molar-refractivity contribution in [1.29, 1.82) is 0 Å². The predicted molar refractivity (Wildman–Crippen MR) is 97.7 cm³/mol. The van der Waals surface area contributed by atoms with Crippen molar-refractivity contribution in [2.45, 2.75) is 10.9 Å². The summed E-state index contributed by atoms with van der Waals surface area (Å²) in [5, 5.41) is 13.8. The van der Waals surface area contributed by atoms with Crippen LogP contribution >= 0.6 is 0 Å². The molecule has 28 heavy (non-hydrogen) atoms. The van der Waals surface area contributed by atoms with Crippen LogP contribution in [0.5, 0.6) is 0 Å². The number of carboxylic acids is 1. The molecule has 1 aliphatic rings. The van der Waals surface area contributed by atoms with Gasteiger partial charge in [0.1, 0.15) is 0 Å². The number of carbonyl (C=O) groups is 2. The number of amides is 1. The Labute approximate surface area is 162 Å². The molecule has 1 N–H and O–H groups in total. The molecule has 1 fully saturated rings. The van der Waals surface area contributed by atoms with E-state index in [4.69, 9.17) is 4.74 Å². The minimum absolute atomic E-state index is 0.0606. The van der Waals surface area contributed by atoms with E-state index in [9.17, 15) is 23.1 Å². The molecule has 0 saturated carbocycles. The Morgan fingerprint density at radius 1 is 1.00 bits per heavy atom. The van der Waals surface area contributed by atoms with Crippen LogP contribution in [-0.2, 0) is 19.6 Å². The number of rotatable bonds is 6. The van der Waals surface area contributed by atoms with Crippen molar-refractivity contribution in [2.75, 3.05) is 26.3 Å². The lowest BCUT2D eigenvalue weighted by molar-refractivity contribution is -0.308. The summed E-state index contributed by atoms with van der Waals surface area (Å²) < 4.78 is 31.7. The summed E-state index contributed by atoms with van der Waals surface area (Å²) in [6.07, 6.45) is 0. The fourth-order valence-corrected chi connectivity index (χ4v) is 4.26. The fraction of sp³-hybridized carbons (Fsp3) is 0.263. The fourth-order valence-electron chi connectivity index (χ4n) is 2.85. The number of nitrogens with one attached hydrogen (secondary N) is 1. The molecule has 1 aliphatic heterocycles. The molecule has 1 heterocycles. The third-order valence-corrected chi connectivity index (χ3v) is 6.28. The van der Waals surface area contributed by atoms with Gasteiger partial charge in [-0.25, -0.2) is 8.42 Å². The summed E-state index contributed by atoms with van der Waals surface area (Å²) in [7, 11) is -3.67. The van der Waals surface area contributed by atoms with E-state index in [1.165, 1.54) is 28.6 Å². The molecule has 148 valence electrons. The second-order valence-corrected chi connectivity index (χ2v) is 8.11. The molecule has 1 saturated heterocycles. The maximum Gasteiger partial charge on any atom is 0.252 e. The first-order chi connectivity index (χ1) is 13.4. The van der Waals surface area contributed by atoms with Gasteiger partial charge < -0.3 is 20.0 Å². The highest BCUT2D eigenvalue weighted by atomic mass is 32.2. The van der Waals surface area contributed by atoms with Crippen LogP contribution in [0.4, 0.5) is 0 Å². The summed E-state index contributed by atoms with van der Waals surface area (Å²) in [6.45, 7) is 1.22. The standard InChI is InChI=1S/C19H20N2O6S/c22-18(20-17(19(23)24)14-4-2-1-3-5-14)15-6-8-16(9-7-15)28(25,26)21-10-12-27-13-11-21/h1-9,17H,10-13H2,(H,20,22)(H,23,24)/p-1/t17-/m1/s1. The largest absolute Gasteiger partial charge is 0.548 e. The number of nitrogens with zero attached hydrogens (tertiary/aromatic N) is 1. The van der Waals surface area contributed by atoms with Crippen molar-refractivity contribution >= 4 is 21.9 Å². The van der Waals surface area contributed by atoms with Gasteiger partial charge in [-0.05, 0) is 29.8 Å². The smallest absolute Gasteiger partial charge is 0.252 e. The molecule has 8 nitrogen and oxygen atoms in total. The summed E-state index contributed by atoms with van der Waals surface area (Å²) in [5.74, 6) is -2.08. The van der Waals surface area contributed by atoms with Gasteiger partial charge in [0.05, 0.1) is 30.1 Å². The number of hydrogen-bond donors (Lipinski definition) is 1. The molecule has 0 unspecified atom stereocenters. The van der Waals surface area contributed by atoms with Gasteiger partial charge in [0.2, 0.25) is 10.0 Å². The van der Waals surface area contributed by atoms with Gasteiger partial charge in [0, 0.05) is 18.7 Å². The Balaban J connectivity index is 1.75. The number of sulfonamides is 1. The van der Waals surface area contributed by atoms with Crippen LogP contribution < -0.4 is 10.4 Å². The number of carbonyl (C=O) groups excluding carboxylic acids is 2. The van der Waals surface area contributed by atoms with Crippen molar-refractivity contribution in [3.63, 3.8) is 0 Å². The van der Waals surface area contributed by atoms with Crippen molar-refractivity contribution in [2.24, 2.45) is 0 Å². The molecular weight excluding hydrogens is 384 g/mol. The molecule has 2 aromatic carbocycles. The highest BCUT2D eigenvalue weighted by Gasteiger charge is 2.26. The number of ether oxygens (including phenoxy) is 1. The predicted octanol–water partition coefficient (Wildman–Crippen LogP) is -0.0715. The molecular formula is C19H19N2O6S-. The van der Waals surface area contributed by atoms with Crippen LogP contribution in [0.15, 0.2) is 59.5 Å². The minimum atomic E-state index is -3.67. The molecule has 0 spiro atoms. The number of benzene rings is 2. The first-order valence-electron chi connectivity index (χ1n) is 8.64. The number of aliphatic carboxylic acids is 1. The van der Waals surface area contributed by atoms with Crippen molar-refractivity contribution < 1.29 is 27.9 Å². The monoisotopic (exact) mass is 403 g/mol. The average molecular weight is 403 g/mol. The Morgan fingerprint density at radius 2 is 1.61 bits per heavy atom. The molecule has 1 amide bonds. The Kier molecular flexibility index (Phi) is 6.08. The zero-order valence-corrected chi connectivity index (χ0v) is 15.7. The highest BCUT2D eigenvalue weighted by Crippen LogP contribution is 2.18. The Hall–Kier alpha value is -2.75. The lowest BCUT2D eigenvalue weighted by Gasteiger charge is -2.26. The topological polar surface area (TPSA) is 116 Å². The van der Waals surface area contributed by atoms with Gasteiger partial charge in [-0.1, -0.05) is 30.3 Å². The number of hydrogen-bond acceptors (Lipinski definition) is 6. The SMILES string of the molecule is O=C(N[C@@H](C(=O)[O-])c1ccccc1)c1ccc(S(=O)(=O)N2CCOCC2)cc1. The first kappa shape index (κ1) is 20.0. The second kappa shape index (κ2) is 8.51. The van der Waals surface area contributed by atoms with Gasteiger partial charge in [-0.3, -0.25) is 4.79 Å². The zero-order valence-electron chi connectivity index (χ0n) is 14.9. The maximum absolute atomic E-state index is 12.6. The quantitative estimate of drug-likeness (QED) is 0.722. The maximum atomic E-state index is 12.6. The highest BCUT2D eigenvalue weighted by molar-refractivity contribution is 7.89. The van der Waals surface area contributed by atoms with E-state index in [0.717, 1.165) is 0 Å². The van der Waals surface area contributed by atoms with E-state index in [-0.39, 0.29) is 23.5 Å². The molecule has 9 heteroatoms. The third kappa shape index (κ3) is 4.38. The van der Waals surface area contributed by atoms with Crippen LogP contribution in [0.25, 0.3) is 0 Å². The lowest BCUT2D eigenvalue weighted by atomic mass is 10.1. The Morgan fingerprint density at radius 3 is 2.18 bits per heavy atom. The van der Waals surface area contributed by atoms with E-state index in [2.05, 4.69) is 5.32 Å². The lowest BCUT2D eigenvalue weighted by Crippen LogP contribution is -2.41. The van der Waals surface area contributed by atoms with Crippen LogP contribution in [0.3, 0.4) is 0 Å². The molecule has 3 rings (SSSR count). The number of carboxylic acid groups (broad SMARTS) is 1. The van der Waals surface area contributed by atoms with E-state index in [1.54, 1.807) is 30.3 Å². The van der Waals surface area contributed by atoms with Crippen LogP contribution in [0.2, 0.25) is 0 Å². The van der Waals surface area contributed by atoms with Gasteiger partial charge in [0.15, 0.2) is 0 Å². The molecule has 0 bridgehead atoms. The minimum Gasteiger partial charge on any atom is -0.548 e. The normalized spacial score (nSPS) is 16.3. The van der Waals surface area contributed by atoms with Crippen molar-refractivity contribution in [1.82, 2.24) is 9.62 Å². The van der Waals surface area contributed by atoms with E-state index < -0.39 is 27.9 Å². The van der Waals surface area contributed by atoms with Gasteiger partial charge in [-0.15, -0.1) is 0 Å². The van der Waals surface area contributed by atoms with Crippen molar-refractivity contribution in [3.8, 4) is 0 Å². The second-order valence-electron chi connectivity index (χ2n) is 6.18. The van der Waals surface area contributed by atoms with Crippen LogP contribution in [-0.4, -0.2) is 50.9 Å². The summed E-state index contributed by atoms with van der Waals surface area (Å²) in [4.78, 5) is 23.9. The summed E-state index contributed by atoms with van der Waals surface area (Å²) in [5.41, 5.74) is 0.519. The first-order valence-corrected chi connectivity index (χ1v) is 10.1. The number of morpholine rings is 1. The van der Waals surface area contributed by atoms with Gasteiger partial charge in [-0.2, -0.15) is 4.31 Å². The van der Waals surface area contributed by atoms with E-state index in [1.807, 2.05) is 0 Å². The molecule has 0 radical (unpaired) electrons. The zero-order chi connectivity index (χ0) is 20.1. The Bertz CT molecular complexity index is 938. The molecule has 0 aromatic heterocycles. The molecule has 1 atom stereocenters. The van der Waals surface area contributed by atoms with Crippen LogP contribution in [0, 0.1) is 0 Å². The van der Waals surface area contributed by atoms with Gasteiger partial charge >= 0.3 is 0 Å². The van der Waals surface area contributed by atoms with E-state index >= 15 is 0 Å². The van der Waals surface area contributed by atoms with Crippen molar-refractivity contribution in [3.05, 3.63) is 65.7 Å². The summed E-state index contributed by atoms with van der Waals surface area (Å²) >= 11 is 0. The molecule has 0 aliphatic carbocycles. The third-order valence-electron chi connectivity index (χ3n) is 4.37. The van der Waals surface area contributed by atoms with E-state index in [0.29, 0.717) is 18.8 Å².